The van der Waals surface area contributed by atoms with Gasteiger partial charge in [-0.05, 0) is 20.8 Å². The van der Waals surface area contributed by atoms with Crippen molar-refractivity contribution in [3.05, 3.63) is 0 Å². The molecule has 94 valence electrons. The van der Waals surface area contributed by atoms with Crippen LogP contribution in [0.1, 0.15) is 27.2 Å². The fourth-order valence-electron chi connectivity index (χ4n) is 0.879. The third-order valence-corrected chi connectivity index (χ3v) is 1.56. The minimum Gasteiger partial charge on any atom is -0.467 e. The lowest BCUT2D eigenvalue weighted by atomic mass is 10.2. The molecule has 0 radical (unpaired) electrons. The summed E-state index contributed by atoms with van der Waals surface area (Å²) in [6, 6.07) is 0. The maximum Gasteiger partial charge on any atom is 0.407 e. The molecule has 0 aromatic heterocycles. The number of hydrogen-bond acceptors (Lipinski definition) is 5. The Morgan fingerprint density at radius 3 is 2.38 bits per heavy atom. The van der Waals surface area contributed by atoms with Crippen LogP contribution in [0.15, 0.2) is 0 Å². The Morgan fingerprint density at radius 1 is 1.38 bits per heavy atom. The van der Waals surface area contributed by atoms with Gasteiger partial charge in [0.25, 0.3) is 0 Å². The Bertz CT molecular complexity index is 246. The molecule has 1 atom stereocenters. The average molecular weight is 233 g/mol. The predicted molar refractivity (Wildman–Crippen MR) is 56.9 cm³/mol. The number of aliphatic hydroxyl groups excluding tert-OH is 1. The molecular weight excluding hydrogens is 214 g/mol. The summed E-state index contributed by atoms with van der Waals surface area (Å²) in [5, 5.41) is 11.6. The van der Waals surface area contributed by atoms with Gasteiger partial charge in [0.05, 0.1) is 7.11 Å². The second kappa shape index (κ2) is 6.32. The van der Waals surface area contributed by atoms with Gasteiger partial charge in [0.1, 0.15) is 5.60 Å². The minimum atomic E-state index is -1.22. The van der Waals surface area contributed by atoms with Gasteiger partial charge in [0.15, 0.2) is 6.10 Å². The lowest BCUT2D eigenvalue weighted by Crippen LogP contribution is -2.35. The van der Waals surface area contributed by atoms with Gasteiger partial charge in [-0.15, -0.1) is 0 Å². The predicted octanol–water partition coefficient (Wildman–Crippen LogP) is 0.435. The van der Waals surface area contributed by atoms with Crippen molar-refractivity contribution >= 4 is 12.1 Å². The molecule has 0 aliphatic rings. The van der Waals surface area contributed by atoms with Crippen LogP contribution in [-0.4, -0.2) is 42.5 Å². The van der Waals surface area contributed by atoms with Gasteiger partial charge >= 0.3 is 12.1 Å². The molecule has 16 heavy (non-hydrogen) atoms. The Balaban J connectivity index is 3.74. The number of rotatable bonds is 4. The van der Waals surface area contributed by atoms with Crippen molar-refractivity contribution in [2.45, 2.75) is 38.9 Å². The summed E-state index contributed by atoms with van der Waals surface area (Å²) < 4.78 is 9.28. The average Bonchev–Trinajstić information content (AvgIpc) is 2.13. The summed E-state index contributed by atoms with van der Waals surface area (Å²) in [5.41, 5.74) is -0.564. The van der Waals surface area contributed by atoms with Crippen LogP contribution in [0.5, 0.6) is 0 Å². The zero-order valence-electron chi connectivity index (χ0n) is 10.1. The van der Waals surface area contributed by atoms with Gasteiger partial charge in [-0.25, -0.2) is 9.59 Å². The SMILES string of the molecule is COC(=O)[C@H](O)CCNC(=O)OC(C)(C)C. The highest BCUT2D eigenvalue weighted by Crippen LogP contribution is 2.06. The van der Waals surface area contributed by atoms with E-state index in [4.69, 9.17) is 4.74 Å². The lowest BCUT2D eigenvalue weighted by molar-refractivity contribution is -0.150. The quantitative estimate of drug-likeness (QED) is 0.688. The molecule has 0 fully saturated rings. The van der Waals surface area contributed by atoms with Crippen LogP contribution in [0, 0.1) is 0 Å². The van der Waals surface area contributed by atoms with Crippen LogP contribution in [0.4, 0.5) is 4.79 Å². The normalized spacial score (nSPS) is 12.8. The molecule has 0 saturated heterocycles. The van der Waals surface area contributed by atoms with E-state index in [1.54, 1.807) is 20.8 Å². The Labute approximate surface area is 94.9 Å². The Hall–Kier alpha value is -1.30. The van der Waals surface area contributed by atoms with E-state index in [1.165, 1.54) is 7.11 Å². The molecule has 0 heterocycles. The maximum absolute atomic E-state index is 11.1. The zero-order chi connectivity index (χ0) is 12.8. The van der Waals surface area contributed by atoms with Crippen LogP contribution < -0.4 is 5.32 Å². The largest absolute Gasteiger partial charge is 0.467 e. The van der Waals surface area contributed by atoms with Crippen LogP contribution in [-0.2, 0) is 14.3 Å². The number of amides is 1. The molecule has 0 aliphatic heterocycles. The maximum atomic E-state index is 11.1. The van der Waals surface area contributed by atoms with Gasteiger partial charge in [0.2, 0.25) is 0 Å². The van der Waals surface area contributed by atoms with Gasteiger partial charge in [-0.2, -0.15) is 0 Å². The van der Waals surface area contributed by atoms with Crippen LogP contribution in [0.3, 0.4) is 0 Å². The molecule has 0 rings (SSSR count). The van der Waals surface area contributed by atoms with Gasteiger partial charge in [0, 0.05) is 13.0 Å². The van der Waals surface area contributed by atoms with Crippen molar-refractivity contribution in [3.63, 3.8) is 0 Å². The lowest BCUT2D eigenvalue weighted by Gasteiger charge is -2.19. The first kappa shape index (κ1) is 14.7. The number of esters is 1. The number of nitrogens with one attached hydrogen (secondary N) is 1. The molecule has 0 spiro atoms. The van der Waals surface area contributed by atoms with E-state index in [9.17, 15) is 14.7 Å². The highest BCUT2D eigenvalue weighted by atomic mass is 16.6. The standard InChI is InChI=1S/C10H19NO5/c1-10(2,3)16-9(14)11-6-5-7(12)8(13)15-4/h7,12H,5-6H2,1-4H3,(H,11,14)/t7-/m1/s1. The topological polar surface area (TPSA) is 84.9 Å². The first-order chi connectivity index (χ1) is 7.26. The van der Waals surface area contributed by atoms with Crippen molar-refractivity contribution < 1.29 is 24.2 Å². The number of hydrogen-bond donors (Lipinski definition) is 2. The molecule has 0 aromatic carbocycles. The molecular formula is C10H19NO5. The summed E-state index contributed by atoms with van der Waals surface area (Å²) >= 11 is 0. The summed E-state index contributed by atoms with van der Waals surface area (Å²) in [4.78, 5) is 21.9. The third kappa shape index (κ3) is 7.05. The molecule has 6 nitrogen and oxygen atoms in total. The monoisotopic (exact) mass is 233 g/mol. The van der Waals surface area contributed by atoms with E-state index in [0.717, 1.165) is 0 Å². The Kier molecular flexibility index (Phi) is 5.81. The van der Waals surface area contributed by atoms with E-state index in [0.29, 0.717) is 0 Å². The molecule has 0 unspecified atom stereocenters. The third-order valence-electron chi connectivity index (χ3n) is 1.56. The van der Waals surface area contributed by atoms with Gasteiger partial charge in [-0.1, -0.05) is 0 Å². The van der Waals surface area contributed by atoms with Crippen molar-refractivity contribution in [1.82, 2.24) is 5.32 Å². The number of ether oxygens (including phenoxy) is 2. The molecule has 0 bridgehead atoms. The molecule has 0 aromatic rings. The highest BCUT2D eigenvalue weighted by molar-refractivity contribution is 5.74. The minimum absolute atomic E-state index is 0.0892. The van der Waals surface area contributed by atoms with E-state index >= 15 is 0 Å². The van der Waals surface area contributed by atoms with Crippen molar-refractivity contribution in [1.29, 1.82) is 0 Å². The van der Waals surface area contributed by atoms with E-state index < -0.39 is 23.8 Å². The first-order valence-corrected chi connectivity index (χ1v) is 4.99. The summed E-state index contributed by atoms with van der Waals surface area (Å²) in [5.74, 6) is -0.717. The van der Waals surface area contributed by atoms with Gasteiger partial charge < -0.3 is 19.9 Å². The number of carbonyl (C=O) groups is 2. The number of methoxy groups -OCH3 is 1. The Morgan fingerprint density at radius 2 is 1.94 bits per heavy atom. The first-order valence-electron chi connectivity index (χ1n) is 4.99. The molecule has 1 amide bonds. The highest BCUT2D eigenvalue weighted by Gasteiger charge is 2.18. The fraction of sp³-hybridized carbons (Fsp3) is 0.800. The molecule has 6 heteroatoms. The van der Waals surface area contributed by atoms with E-state index in [-0.39, 0.29) is 13.0 Å². The van der Waals surface area contributed by atoms with E-state index in [1.807, 2.05) is 0 Å². The second-order valence-electron chi connectivity index (χ2n) is 4.26. The van der Waals surface area contributed by atoms with E-state index in [2.05, 4.69) is 10.1 Å². The smallest absolute Gasteiger partial charge is 0.407 e. The number of carbonyl (C=O) groups excluding carboxylic acids is 2. The molecule has 2 N–H and O–H groups in total. The number of alkyl carbamates (subject to hydrolysis) is 1. The van der Waals surface area contributed by atoms with Crippen molar-refractivity contribution in [2.75, 3.05) is 13.7 Å². The molecule has 0 saturated carbocycles. The van der Waals surface area contributed by atoms with Crippen molar-refractivity contribution in [3.8, 4) is 0 Å². The van der Waals surface area contributed by atoms with Gasteiger partial charge in [-0.3, -0.25) is 0 Å². The second-order valence-corrected chi connectivity index (χ2v) is 4.26. The summed E-state index contributed by atoms with van der Waals surface area (Å²) in [7, 11) is 1.19. The summed E-state index contributed by atoms with van der Waals surface area (Å²) in [6.07, 6.45) is -1.71. The molecule has 0 aliphatic carbocycles. The summed E-state index contributed by atoms with van der Waals surface area (Å²) in [6.45, 7) is 5.38. The van der Waals surface area contributed by atoms with Crippen LogP contribution in [0.2, 0.25) is 0 Å². The van der Waals surface area contributed by atoms with Crippen molar-refractivity contribution in [2.24, 2.45) is 0 Å². The fourth-order valence-corrected chi connectivity index (χ4v) is 0.879. The van der Waals surface area contributed by atoms with Crippen LogP contribution >= 0.6 is 0 Å². The number of aliphatic hydroxyl groups is 1. The van der Waals surface area contributed by atoms with Crippen LogP contribution in [0.25, 0.3) is 0 Å². The zero-order valence-corrected chi connectivity index (χ0v) is 10.1.